The van der Waals surface area contributed by atoms with E-state index in [9.17, 15) is 9.90 Å². The molecule has 6 heteroatoms. The van der Waals surface area contributed by atoms with Crippen molar-refractivity contribution in [2.75, 3.05) is 18.0 Å². The molecule has 1 aliphatic rings. The second-order valence-corrected chi connectivity index (χ2v) is 4.27. The summed E-state index contributed by atoms with van der Waals surface area (Å²) < 4.78 is 0. The van der Waals surface area contributed by atoms with Gasteiger partial charge in [0, 0.05) is 35.7 Å². The molecule has 1 aromatic carbocycles. The monoisotopic (exact) mass is 246 g/mol. The molecule has 1 heterocycles. The van der Waals surface area contributed by atoms with Gasteiger partial charge in [0.15, 0.2) is 0 Å². The number of azide groups is 1. The van der Waals surface area contributed by atoms with Crippen molar-refractivity contribution < 1.29 is 9.90 Å². The van der Waals surface area contributed by atoms with Crippen LogP contribution < -0.4 is 4.90 Å². The third kappa shape index (κ3) is 2.45. The van der Waals surface area contributed by atoms with E-state index in [1.54, 1.807) is 11.0 Å². The highest BCUT2D eigenvalue weighted by Crippen LogP contribution is 2.28. The Morgan fingerprint density at radius 2 is 2.28 bits per heavy atom. The fraction of sp³-hybridized carbons (Fsp3) is 0.417. The molecule has 1 amide bonds. The Kier molecular flexibility index (Phi) is 3.82. The van der Waals surface area contributed by atoms with Crippen molar-refractivity contribution in [3.63, 3.8) is 0 Å². The average Bonchev–Trinajstić information content (AvgIpc) is 2.77. The normalized spacial score (nSPS) is 18.8. The molecule has 1 atom stereocenters. The van der Waals surface area contributed by atoms with Crippen LogP contribution in [0.5, 0.6) is 0 Å². The van der Waals surface area contributed by atoms with E-state index >= 15 is 0 Å². The number of carbonyl (C=O) groups excluding carboxylic acids is 1. The Hall–Kier alpha value is -2.04. The van der Waals surface area contributed by atoms with Crippen LogP contribution >= 0.6 is 0 Å². The zero-order chi connectivity index (χ0) is 13.0. The van der Waals surface area contributed by atoms with Gasteiger partial charge in [0.05, 0.1) is 6.61 Å². The van der Waals surface area contributed by atoms with E-state index in [0.717, 1.165) is 11.3 Å². The minimum absolute atomic E-state index is 0.00837. The molecule has 1 unspecified atom stereocenters. The summed E-state index contributed by atoms with van der Waals surface area (Å²) in [5, 5.41) is 12.8. The molecule has 1 aliphatic heterocycles. The highest BCUT2D eigenvalue weighted by atomic mass is 16.3. The lowest BCUT2D eigenvalue weighted by Crippen LogP contribution is -2.25. The smallest absolute Gasteiger partial charge is 0.227 e. The van der Waals surface area contributed by atoms with E-state index in [2.05, 4.69) is 10.0 Å². The third-order valence-corrected chi connectivity index (χ3v) is 3.06. The summed E-state index contributed by atoms with van der Waals surface area (Å²) in [4.78, 5) is 16.3. The molecule has 1 N–H and O–H groups in total. The molecular formula is C12H14N4O2. The minimum Gasteiger partial charge on any atom is -0.392 e. The maximum absolute atomic E-state index is 11.9. The standard InChI is InChI=1S/C12H14N4O2/c13-15-14-6-9-5-12(18)16(7-9)11-4-2-1-3-10(11)8-17/h1-4,9,17H,5-8H2. The van der Waals surface area contributed by atoms with Crippen molar-refractivity contribution in [2.45, 2.75) is 13.0 Å². The van der Waals surface area contributed by atoms with Crippen molar-refractivity contribution >= 4 is 11.6 Å². The van der Waals surface area contributed by atoms with E-state index in [-0.39, 0.29) is 18.4 Å². The number of carbonyl (C=O) groups is 1. The van der Waals surface area contributed by atoms with E-state index < -0.39 is 0 Å². The Balaban J connectivity index is 2.18. The average molecular weight is 246 g/mol. The van der Waals surface area contributed by atoms with Crippen LogP contribution in [0, 0.1) is 5.92 Å². The molecule has 0 spiro atoms. The lowest BCUT2D eigenvalue weighted by atomic mass is 10.1. The molecule has 1 fully saturated rings. The van der Waals surface area contributed by atoms with E-state index in [1.807, 2.05) is 18.2 Å². The molecule has 0 aromatic heterocycles. The van der Waals surface area contributed by atoms with Crippen molar-refractivity contribution in [2.24, 2.45) is 11.0 Å². The maximum atomic E-state index is 11.9. The van der Waals surface area contributed by atoms with Gasteiger partial charge in [0.25, 0.3) is 0 Å². The largest absolute Gasteiger partial charge is 0.392 e. The number of amides is 1. The first kappa shape index (κ1) is 12.4. The number of anilines is 1. The van der Waals surface area contributed by atoms with Gasteiger partial charge in [-0.3, -0.25) is 4.79 Å². The summed E-state index contributed by atoms with van der Waals surface area (Å²) in [6.45, 7) is 0.774. The molecule has 6 nitrogen and oxygen atoms in total. The van der Waals surface area contributed by atoms with Crippen LogP contribution in [0.2, 0.25) is 0 Å². The first-order valence-corrected chi connectivity index (χ1v) is 5.76. The summed E-state index contributed by atoms with van der Waals surface area (Å²) >= 11 is 0. The van der Waals surface area contributed by atoms with Gasteiger partial charge in [0.1, 0.15) is 0 Å². The summed E-state index contributed by atoms with van der Waals surface area (Å²) in [6.07, 6.45) is 0.388. The van der Waals surface area contributed by atoms with Crippen LogP contribution in [-0.4, -0.2) is 24.1 Å². The molecule has 0 saturated carbocycles. The molecule has 2 rings (SSSR count). The van der Waals surface area contributed by atoms with Crippen molar-refractivity contribution in [3.05, 3.63) is 40.3 Å². The topological polar surface area (TPSA) is 89.3 Å². The van der Waals surface area contributed by atoms with Crippen LogP contribution in [0.25, 0.3) is 10.4 Å². The van der Waals surface area contributed by atoms with Crippen LogP contribution in [0.15, 0.2) is 29.4 Å². The van der Waals surface area contributed by atoms with E-state index in [4.69, 9.17) is 5.53 Å². The molecule has 94 valence electrons. The number of aliphatic hydroxyl groups is 1. The zero-order valence-corrected chi connectivity index (χ0v) is 9.86. The first-order chi connectivity index (χ1) is 8.76. The Morgan fingerprint density at radius 1 is 1.50 bits per heavy atom. The van der Waals surface area contributed by atoms with Gasteiger partial charge in [-0.2, -0.15) is 0 Å². The van der Waals surface area contributed by atoms with E-state index in [1.165, 1.54) is 0 Å². The second-order valence-electron chi connectivity index (χ2n) is 4.27. The maximum Gasteiger partial charge on any atom is 0.227 e. The van der Waals surface area contributed by atoms with Gasteiger partial charge in [-0.05, 0) is 17.5 Å². The summed E-state index contributed by atoms with van der Waals surface area (Å²) in [6, 6.07) is 7.28. The van der Waals surface area contributed by atoms with Gasteiger partial charge in [-0.1, -0.05) is 23.3 Å². The second kappa shape index (κ2) is 5.53. The molecular weight excluding hydrogens is 232 g/mol. The number of hydrogen-bond donors (Lipinski definition) is 1. The van der Waals surface area contributed by atoms with Gasteiger partial charge in [-0.25, -0.2) is 0 Å². The Labute approximate surface area is 104 Å². The zero-order valence-electron chi connectivity index (χ0n) is 9.86. The van der Waals surface area contributed by atoms with Gasteiger partial charge < -0.3 is 10.0 Å². The van der Waals surface area contributed by atoms with Gasteiger partial charge in [0.2, 0.25) is 5.91 Å². The lowest BCUT2D eigenvalue weighted by Gasteiger charge is -2.19. The Bertz CT molecular complexity index is 497. The predicted octanol–water partition coefficient (Wildman–Crippen LogP) is 1.84. The number of rotatable bonds is 4. The summed E-state index contributed by atoms with van der Waals surface area (Å²) in [7, 11) is 0. The quantitative estimate of drug-likeness (QED) is 0.499. The predicted molar refractivity (Wildman–Crippen MR) is 66.8 cm³/mol. The van der Waals surface area contributed by atoms with Crippen LogP contribution in [0.4, 0.5) is 5.69 Å². The molecule has 18 heavy (non-hydrogen) atoms. The molecule has 1 saturated heterocycles. The molecule has 0 bridgehead atoms. The fourth-order valence-electron chi connectivity index (χ4n) is 2.20. The van der Waals surface area contributed by atoms with E-state index in [0.29, 0.717) is 19.5 Å². The Morgan fingerprint density at radius 3 is 3.00 bits per heavy atom. The lowest BCUT2D eigenvalue weighted by molar-refractivity contribution is -0.117. The first-order valence-electron chi connectivity index (χ1n) is 5.76. The molecule has 1 aromatic rings. The van der Waals surface area contributed by atoms with Gasteiger partial charge in [-0.15, -0.1) is 0 Å². The van der Waals surface area contributed by atoms with Crippen molar-refractivity contribution in [3.8, 4) is 0 Å². The van der Waals surface area contributed by atoms with Crippen molar-refractivity contribution in [1.29, 1.82) is 0 Å². The molecule has 0 aliphatic carbocycles. The summed E-state index contributed by atoms with van der Waals surface area (Å²) in [5.41, 5.74) is 9.76. The highest BCUT2D eigenvalue weighted by molar-refractivity contribution is 5.96. The van der Waals surface area contributed by atoms with Crippen LogP contribution in [0.3, 0.4) is 0 Å². The molecule has 0 radical (unpaired) electrons. The van der Waals surface area contributed by atoms with Crippen LogP contribution in [-0.2, 0) is 11.4 Å². The number of para-hydroxylation sites is 1. The summed E-state index contributed by atoms with van der Waals surface area (Å²) in [5.74, 6) is 0.0641. The minimum atomic E-state index is -0.0963. The third-order valence-electron chi connectivity index (χ3n) is 3.06. The SMILES string of the molecule is [N-]=[N+]=NCC1CC(=O)N(c2ccccc2CO)C1. The number of hydrogen-bond acceptors (Lipinski definition) is 3. The number of benzene rings is 1. The van der Waals surface area contributed by atoms with Crippen molar-refractivity contribution in [1.82, 2.24) is 0 Å². The highest BCUT2D eigenvalue weighted by Gasteiger charge is 2.30. The number of aliphatic hydroxyl groups excluding tert-OH is 1. The number of nitrogens with zero attached hydrogens (tertiary/aromatic N) is 4. The van der Waals surface area contributed by atoms with Crippen LogP contribution in [0.1, 0.15) is 12.0 Å². The van der Waals surface area contributed by atoms with Gasteiger partial charge >= 0.3 is 0 Å². The fourth-order valence-corrected chi connectivity index (χ4v) is 2.20.